The molecule has 0 amide bonds. The van der Waals surface area contributed by atoms with E-state index >= 15 is 0 Å². The summed E-state index contributed by atoms with van der Waals surface area (Å²) in [6, 6.07) is 81.7. The highest BCUT2D eigenvalue weighted by atomic mass is 32.2. The van der Waals surface area contributed by atoms with Gasteiger partial charge >= 0.3 is 0 Å². The lowest BCUT2D eigenvalue weighted by atomic mass is 9.95. The van der Waals surface area contributed by atoms with E-state index in [2.05, 4.69) is 199 Å². The van der Waals surface area contributed by atoms with Crippen molar-refractivity contribution in [2.24, 2.45) is 0 Å². The molecular weight excluding hydrogens is 1450 g/mol. The number of benzene rings is 8. The van der Waals surface area contributed by atoms with Crippen LogP contribution in [0.3, 0.4) is 0 Å². The molecule has 0 unspecified atom stereocenters. The predicted octanol–water partition coefficient (Wildman–Crippen LogP) is 19.9. The standard InChI is InChI=1S/C91H120O15SSi3/c1-89(2,3)108(10,11)99-63-74-77(92-56-66-40-24-16-25-41-66)80(93-57-67-42-26-17-27-43-67)83(96-60-70-48-32-20-33-49-70)86(102-74)105-78-75(64-100-109(12,13)90(4,5)6)103-87(84(97-61-71-50-34-21-35-51-71)81(78)94-58-68-44-28-18-29-45-68)106-79-76(65-101-110(14,15)91(7,8)9)104-88(107-73-54-38-23-39-55-73)85(98-62-72-52-36-22-37-53-72)82(79)95-59-69-46-30-19-31-47-69/h16-55,74-88H,56-65H2,1-15H3/t74-,75-,76-,77-,78-,79-,80+,81+,82+,83-,84-,85-,86-,87-,88+/m1/s1. The molecule has 3 fully saturated rings. The first kappa shape index (κ1) is 85.1. The van der Waals surface area contributed by atoms with Gasteiger partial charge in [0, 0.05) is 4.90 Å². The van der Waals surface area contributed by atoms with Crippen LogP contribution in [0.1, 0.15) is 101 Å². The van der Waals surface area contributed by atoms with E-state index in [0.29, 0.717) is 0 Å². The van der Waals surface area contributed by atoms with Crippen molar-refractivity contribution in [3.8, 4) is 0 Å². The summed E-state index contributed by atoms with van der Waals surface area (Å²) < 4.78 is 114. The second-order valence-electron chi connectivity index (χ2n) is 33.8. The molecular formula is C91H120O15SSi3. The van der Waals surface area contributed by atoms with E-state index in [9.17, 15) is 0 Å². The lowest BCUT2D eigenvalue weighted by molar-refractivity contribution is -0.386. The quantitative estimate of drug-likeness (QED) is 0.0344. The van der Waals surface area contributed by atoms with Crippen LogP contribution in [0.4, 0.5) is 0 Å². The fraction of sp³-hybridized carbons (Fsp3) is 0.473. The van der Waals surface area contributed by atoms with Crippen LogP contribution in [0.15, 0.2) is 248 Å². The summed E-state index contributed by atoms with van der Waals surface area (Å²) in [4.78, 5) is 1.00. The molecule has 8 aromatic rings. The SMILES string of the molecule is CC(C)(C)[Si](C)(C)OC[C@H]1O[C@@H](Sc2ccccc2)[C@H](OCc2ccccc2)[C@@H](OCc2ccccc2)[C@@H]1O[C@H]1O[C@H](CO[Si](C)(C)C(C)(C)C)[C@@H](O[C@H]2O[C@H](CO[Si](C)(C)C(C)(C)C)[C@@H](OCc3ccccc3)[C@H](OCc3ccccc3)[C@H]2OCc2ccccc2)[C@H](OCc2ccccc2)[C@H]1OCc1ccccc1. The topological polar surface area (TPSA) is 138 Å². The zero-order valence-corrected chi connectivity index (χ0v) is 71.2. The van der Waals surface area contributed by atoms with Gasteiger partial charge in [0.05, 0.1) is 66.1 Å². The van der Waals surface area contributed by atoms with Crippen LogP contribution < -0.4 is 0 Å². The summed E-state index contributed by atoms with van der Waals surface area (Å²) >= 11 is 1.60. The third-order valence-electron chi connectivity index (χ3n) is 22.6. The Morgan fingerprint density at radius 2 is 0.482 bits per heavy atom. The molecule has 19 heteroatoms. The van der Waals surface area contributed by atoms with E-state index in [1.54, 1.807) is 11.8 Å². The molecule has 0 saturated carbocycles. The Morgan fingerprint density at radius 3 is 0.764 bits per heavy atom. The van der Waals surface area contributed by atoms with Crippen molar-refractivity contribution in [3.05, 3.63) is 282 Å². The van der Waals surface area contributed by atoms with Gasteiger partial charge in [-0.25, -0.2) is 0 Å². The Morgan fingerprint density at radius 1 is 0.264 bits per heavy atom. The molecule has 15 atom stereocenters. The van der Waals surface area contributed by atoms with Gasteiger partial charge in [-0.05, 0) is 105 Å². The van der Waals surface area contributed by atoms with Crippen molar-refractivity contribution in [1.29, 1.82) is 0 Å². The maximum absolute atomic E-state index is 8.08. The first-order valence-electron chi connectivity index (χ1n) is 39.2. The van der Waals surface area contributed by atoms with Gasteiger partial charge < -0.3 is 70.1 Å². The van der Waals surface area contributed by atoms with Gasteiger partial charge in [0.1, 0.15) is 78.7 Å². The minimum absolute atomic E-state index is 0.0557. The van der Waals surface area contributed by atoms with Crippen LogP contribution in [0.25, 0.3) is 0 Å². The Balaban J connectivity index is 1.09. The van der Waals surface area contributed by atoms with E-state index in [1.807, 2.05) is 146 Å². The molecule has 8 aromatic carbocycles. The van der Waals surface area contributed by atoms with Crippen molar-refractivity contribution in [3.63, 3.8) is 0 Å². The van der Waals surface area contributed by atoms with Gasteiger partial charge in [0.15, 0.2) is 37.5 Å². The summed E-state index contributed by atoms with van der Waals surface area (Å²) in [5.74, 6) is 0. The average Bonchev–Trinajstić information content (AvgIpc) is 0.757. The minimum Gasteiger partial charge on any atom is -0.414 e. The van der Waals surface area contributed by atoms with Gasteiger partial charge in [0.2, 0.25) is 0 Å². The fourth-order valence-electron chi connectivity index (χ4n) is 12.8. The van der Waals surface area contributed by atoms with Crippen LogP contribution >= 0.6 is 11.8 Å². The normalized spacial score (nSPS) is 25.1. The van der Waals surface area contributed by atoms with Crippen LogP contribution in [0.5, 0.6) is 0 Å². The number of hydrogen-bond donors (Lipinski definition) is 0. The second-order valence-corrected chi connectivity index (χ2v) is 49.4. The molecule has 3 heterocycles. The van der Waals surface area contributed by atoms with Crippen molar-refractivity contribution < 1.29 is 70.1 Å². The van der Waals surface area contributed by atoms with Crippen LogP contribution in [0, 0.1) is 0 Å². The molecule has 3 saturated heterocycles. The van der Waals surface area contributed by atoms with E-state index in [0.717, 1.165) is 43.8 Å². The molecule has 0 radical (unpaired) electrons. The number of thioether (sulfide) groups is 1. The third kappa shape index (κ3) is 23.7. The lowest BCUT2D eigenvalue weighted by Crippen LogP contribution is -2.68. The Kier molecular flexibility index (Phi) is 30.5. The maximum atomic E-state index is 8.08. The summed E-state index contributed by atoms with van der Waals surface area (Å²) in [5.41, 5.74) is 6.10. The summed E-state index contributed by atoms with van der Waals surface area (Å²) in [5, 5.41) is -0.528. The number of rotatable bonds is 36. The monoisotopic (exact) mass is 1570 g/mol. The summed E-state index contributed by atoms with van der Waals surface area (Å²) in [6.45, 7) is 35.6. The van der Waals surface area contributed by atoms with Crippen molar-refractivity contribution in [1.82, 2.24) is 0 Å². The Labute approximate surface area is 663 Å². The predicted molar refractivity (Wildman–Crippen MR) is 443 cm³/mol. The first-order chi connectivity index (χ1) is 52.7. The van der Waals surface area contributed by atoms with Crippen LogP contribution in [-0.2, 0) is 116 Å². The van der Waals surface area contributed by atoms with E-state index < -0.39 is 116 Å². The highest BCUT2D eigenvalue weighted by Gasteiger charge is 2.58. The smallest absolute Gasteiger partial charge is 0.192 e. The molecule has 0 bridgehead atoms. The summed E-state index contributed by atoms with van der Waals surface area (Å²) in [7, 11) is -7.65. The molecule has 0 spiro atoms. The molecule has 3 aliphatic heterocycles. The molecule has 110 heavy (non-hydrogen) atoms. The van der Waals surface area contributed by atoms with Crippen LogP contribution in [-0.4, -0.2) is 136 Å². The highest BCUT2D eigenvalue weighted by Crippen LogP contribution is 2.46. The van der Waals surface area contributed by atoms with Crippen molar-refractivity contribution in [2.75, 3.05) is 19.8 Å². The van der Waals surface area contributed by atoms with E-state index in [4.69, 9.17) is 70.1 Å². The fourth-order valence-corrected chi connectivity index (χ4v) is 17.0. The minimum atomic E-state index is -2.64. The zero-order chi connectivity index (χ0) is 77.9. The molecule has 592 valence electrons. The van der Waals surface area contributed by atoms with Gasteiger partial charge in [0.25, 0.3) is 0 Å². The van der Waals surface area contributed by atoms with Crippen molar-refractivity contribution in [2.45, 2.75) is 259 Å². The average molecular weight is 1570 g/mol. The maximum Gasteiger partial charge on any atom is 0.192 e. The van der Waals surface area contributed by atoms with E-state index in [1.165, 1.54) is 0 Å². The van der Waals surface area contributed by atoms with Gasteiger partial charge in [-0.3, -0.25) is 0 Å². The van der Waals surface area contributed by atoms with Gasteiger partial charge in [-0.1, -0.05) is 305 Å². The number of hydrogen-bond acceptors (Lipinski definition) is 16. The number of ether oxygens (including phenoxy) is 12. The van der Waals surface area contributed by atoms with Crippen LogP contribution in [0.2, 0.25) is 54.4 Å². The Bertz CT molecular complexity index is 3940. The molecule has 11 rings (SSSR count). The molecule has 15 nitrogen and oxygen atoms in total. The largest absolute Gasteiger partial charge is 0.414 e. The molecule has 3 aliphatic rings. The Hall–Kier alpha value is -5.84. The first-order valence-corrected chi connectivity index (χ1v) is 48.8. The van der Waals surface area contributed by atoms with Crippen molar-refractivity contribution >= 4 is 36.7 Å². The summed E-state index contributed by atoms with van der Waals surface area (Å²) in [6.07, 6.45) is -13.1. The van der Waals surface area contributed by atoms with Gasteiger partial charge in [-0.15, -0.1) is 0 Å². The van der Waals surface area contributed by atoms with E-state index in [-0.39, 0.29) is 81.2 Å². The second kappa shape index (κ2) is 39.5. The third-order valence-corrected chi connectivity index (χ3v) is 37.3. The highest BCUT2D eigenvalue weighted by molar-refractivity contribution is 7.99. The molecule has 0 aromatic heterocycles. The zero-order valence-electron chi connectivity index (χ0n) is 67.4. The lowest BCUT2D eigenvalue weighted by Gasteiger charge is -2.52. The molecule has 0 aliphatic carbocycles. The van der Waals surface area contributed by atoms with Gasteiger partial charge in [-0.2, -0.15) is 0 Å². The molecule has 0 N–H and O–H groups in total.